The van der Waals surface area contributed by atoms with Crippen LogP contribution in [0, 0.1) is 16.7 Å². The summed E-state index contributed by atoms with van der Waals surface area (Å²) in [5, 5.41) is 9.54. The maximum absolute atomic E-state index is 12.7. The van der Waals surface area contributed by atoms with Crippen LogP contribution < -0.4 is 0 Å². The van der Waals surface area contributed by atoms with Crippen LogP contribution in [0.1, 0.15) is 45.1 Å². The van der Waals surface area contributed by atoms with Crippen molar-refractivity contribution in [3.8, 4) is 6.07 Å². The van der Waals surface area contributed by atoms with Crippen molar-refractivity contribution in [2.45, 2.75) is 46.0 Å². The second-order valence-corrected chi connectivity index (χ2v) is 5.53. The highest BCUT2D eigenvalue weighted by Gasteiger charge is 2.38. The highest BCUT2D eigenvalue weighted by atomic mass is 16.2. The lowest BCUT2D eigenvalue weighted by Gasteiger charge is -2.30. The Balaban J connectivity index is 2.72. The highest BCUT2D eigenvalue weighted by molar-refractivity contribution is 5.85. The summed E-state index contributed by atoms with van der Waals surface area (Å²) in [4.78, 5) is 18.4. The van der Waals surface area contributed by atoms with Gasteiger partial charge in [0.2, 0.25) is 5.91 Å². The van der Waals surface area contributed by atoms with E-state index in [9.17, 15) is 10.1 Å². The van der Waals surface area contributed by atoms with Gasteiger partial charge in [0.15, 0.2) is 0 Å². The van der Waals surface area contributed by atoms with Crippen molar-refractivity contribution in [1.29, 1.82) is 5.26 Å². The number of hydrogen-bond acceptors (Lipinski definition) is 3. The van der Waals surface area contributed by atoms with Crippen molar-refractivity contribution in [1.82, 2.24) is 9.88 Å². The SMILES string of the molecule is CCCC(C#N)(CCC)C(=O)N(C)CCc1ccncc1. The van der Waals surface area contributed by atoms with E-state index in [1.165, 1.54) is 0 Å². The van der Waals surface area contributed by atoms with Crippen LogP contribution in [-0.4, -0.2) is 29.4 Å². The Morgan fingerprint density at radius 3 is 2.33 bits per heavy atom. The minimum absolute atomic E-state index is 0.0391. The van der Waals surface area contributed by atoms with Gasteiger partial charge in [0, 0.05) is 26.0 Å². The smallest absolute Gasteiger partial charge is 0.242 e. The van der Waals surface area contributed by atoms with Gasteiger partial charge in [-0.2, -0.15) is 5.26 Å². The molecular weight excluding hydrogens is 262 g/mol. The lowest BCUT2D eigenvalue weighted by molar-refractivity contribution is -0.138. The Morgan fingerprint density at radius 2 is 1.86 bits per heavy atom. The van der Waals surface area contributed by atoms with E-state index in [-0.39, 0.29) is 5.91 Å². The number of amides is 1. The van der Waals surface area contributed by atoms with Gasteiger partial charge < -0.3 is 4.90 Å². The number of aromatic nitrogens is 1. The van der Waals surface area contributed by atoms with E-state index in [0.717, 1.165) is 24.8 Å². The van der Waals surface area contributed by atoms with Crippen LogP contribution in [0.4, 0.5) is 0 Å². The maximum atomic E-state index is 12.7. The molecule has 1 amide bonds. The monoisotopic (exact) mass is 287 g/mol. The molecule has 0 atom stereocenters. The van der Waals surface area contributed by atoms with Gasteiger partial charge in [-0.1, -0.05) is 26.7 Å². The minimum atomic E-state index is -0.851. The molecule has 1 heterocycles. The average molecular weight is 287 g/mol. The van der Waals surface area contributed by atoms with Crippen molar-refractivity contribution >= 4 is 5.91 Å². The normalized spacial score (nSPS) is 11.0. The average Bonchev–Trinajstić information content (AvgIpc) is 2.52. The molecule has 1 aromatic heterocycles. The van der Waals surface area contributed by atoms with Crippen molar-refractivity contribution < 1.29 is 4.79 Å². The molecule has 0 spiro atoms. The van der Waals surface area contributed by atoms with Gasteiger partial charge in [0.05, 0.1) is 6.07 Å². The fourth-order valence-corrected chi connectivity index (χ4v) is 2.67. The molecule has 0 aromatic carbocycles. The van der Waals surface area contributed by atoms with Crippen LogP contribution >= 0.6 is 0 Å². The molecule has 21 heavy (non-hydrogen) atoms. The van der Waals surface area contributed by atoms with Crippen LogP contribution in [-0.2, 0) is 11.2 Å². The van der Waals surface area contributed by atoms with E-state index >= 15 is 0 Å². The summed E-state index contributed by atoms with van der Waals surface area (Å²) in [5.74, 6) is -0.0391. The fraction of sp³-hybridized carbons (Fsp3) is 0.588. The zero-order valence-corrected chi connectivity index (χ0v) is 13.3. The molecule has 1 aromatic rings. The molecule has 0 unspecified atom stereocenters. The number of carbonyl (C=O) groups is 1. The first kappa shape index (κ1) is 17.2. The minimum Gasteiger partial charge on any atom is -0.344 e. The molecule has 0 aliphatic rings. The molecule has 0 N–H and O–H groups in total. The van der Waals surface area contributed by atoms with Crippen LogP contribution in [0.2, 0.25) is 0 Å². The molecule has 0 radical (unpaired) electrons. The number of nitrogens with zero attached hydrogens (tertiary/aromatic N) is 3. The molecule has 1 rings (SSSR count). The van der Waals surface area contributed by atoms with E-state index in [1.807, 2.05) is 26.0 Å². The van der Waals surface area contributed by atoms with E-state index in [4.69, 9.17) is 0 Å². The Bertz CT molecular complexity index is 473. The molecule has 0 aliphatic carbocycles. The quantitative estimate of drug-likeness (QED) is 0.737. The van der Waals surface area contributed by atoms with Crippen molar-refractivity contribution in [2.24, 2.45) is 5.41 Å². The van der Waals surface area contributed by atoms with Crippen molar-refractivity contribution in [3.05, 3.63) is 30.1 Å². The molecule has 0 aliphatic heterocycles. The molecule has 0 bridgehead atoms. The van der Waals surface area contributed by atoms with Gasteiger partial charge >= 0.3 is 0 Å². The molecule has 4 heteroatoms. The highest BCUT2D eigenvalue weighted by Crippen LogP contribution is 2.31. The van der Waals surface area contributed by atoms with E-state index in [1.54, 1.807) is 24.3 Å². The Hall–Kier alpha value is -1.89. The molecule has 4 nitrogen and oxygen atoms in total. The zero-order valence-electron chi connectivity index (χ0n) is 13.3. The van der Waals surface area contributed by atoms with Crippen LogP contribution in [0.3, 0.4) is 0 Å². The number of rotatable bonds is 8. The lowest BCUT2D eigenvalue weighted by atomic mass is 9.79. The molecule has 114 valence electrons. The third kappa shape index (κ3) is 4.56. The summed E-state index contributed by atoms with van der Waals surface area (Å²) in [6.07, 6.45) is 7.25. The Morgan fingerprint density at radius 1 is 1.29 bits per heavy atom. The Labute approximate surface area is 127 Å². The standard InChI is InChI=1S/C17H25N3O/c1-4-9-17(14-18,10-5-2)16(21)20(3)13-8-15-6-11-19-12-7-15/h6-7,11-12H,4-5,8-10,13H2,1-3H3. The van der Waals surface area contributed by atoms with Crippen LogP contribution in [0.25, 0.3) is 0 Å². The molecular formula is C17H25N3O. The molecule has 0 fully saturated rings. The van der Waals surface area contributed by atoms with Gasteiger partial charge in [0.25, 0.3) is 0 Å². The topological polar surface area (TPSA) is 57.0 Å². The third-order valence-corrected chi connectivity index (χ3v) is 3.81. The second-order valence-electron chi connectivity index (χ2n) is 5.53. The summed E-state index contributed by atoms with van der Waals surface area (Å²) in [7, 11) is 1.79. The number of likely N-dealkylation sites (N-methyl/N-ethyl adjacent to an activating group) is 1. The van der Waals surface area contributed by atoms with Gasteiger partial charge in [-0.25, -0.2) is 0 Å². The Kier molecular flexibility index (Phi) is 6.87. The first-order valence-electron chi connectivity index (χ1n) is 7.65. The maximum Gasteiger partial charge on any atom is 0.242 e. The first-order chi connectivity index (χ1) is 10.1. The summed E-state index contributed by atoms with van der Waals surface area (Å²) in [6, 6.07) is 6.20. The van der Waals surface area contributed by atoms with Crippen molar-refractivity contribution in [3.63, 3.8) is 0 Å². The summed E-state index contributed by atoms with van der Waals surface area (Å²) < 4.78 is 0. The number of carbonyl (C=O) groups excluding carboxylic acids is 1. The van der Waals surface area contributed by atoms with Gasteiger partial charge in [0.1, 0.15) is 5.41 Å². The van der Waals surface area contributed by atoms with E-state index in [0.29, 0.717) is 19.4 Å². The fourth-order valence-electron chi connectivity index (χ4n) is 2.67. The van der Waals surface area contributed by atoms with Gasteiger partial charge in [-0.05, 0) is 37.0 Å². The number of pyridine rings is 1. The van der Waals surface area contributed by atoms with Crippen LogP contribution in [0.5, 0.6) is 0 Å². The van der Waals surface area contributed by atoms with E-state index in [2.05, 4.69) is 11.1 Å². The number of nitriles is 1. The second kappa shape index (κ2) is 8.41. The predicted octanol–water partition coefficient (Wildman–Crippen LogP) is 3.19. The largest absolute Gasteiger partial charge is 0.344 e. The summed E-state index contributed by atoms with van der Waals surface area (Å²) >= 11 is 0. The van der Waals surface area contributed by atoms with E-state index < -0.39 is 5.41 Å². The zero-order chi connectivity index (χ0) is 15.7. The molecule has 0 saturated carbocycles. The van der Waals surface area contributed by atoms with Crippen molar-refractivity contribution in [2.75, 3.05) is 13.6 Å². The number of hydrogen-bond donors (Lipinski definition) is 0. The first-order valence-corrected chi connectivity index (χ1v) is 7.65. The summed E-state index contributed by atoms with van der Waals surface area (Å²) in [5.41, 5.74) is 0.300. The third-order valence-electron chi connectivity index (χ3n) is 3.81. The lowest BCUT2D eigenvalue weighted by Crippen LogP contribution is -2.42. The van der Waals surface area contributed by atoms with Crippen LogP contribution in [0.15, 0.2) is 24.5 Å². The predicted molar refractivity (Wildman–Crippen MR) is 83.4 cm³/mol. The summed E-state index contributed by atoms with van der Waals surface area (Å²) in [6.45, 7) is 4.66. The molecule has 0 saturated heterocycles. The van der Waals surface area contributed by atoms with Gasteiger partial charge in [-0.3, -0.25) is 9.78 Å². The van der Waals surface area contributed by atoms with Gasteiger partial charge in [-0.15, -0.1) is 0 Å².